The molecule has 8 heteroatoms. The van der Waals surface area contributed by atoms with E-state index >= 15 is 0 Å². The van der Waals surface area contributed by atoms with Crippen LogP contribution in [0.2, 0.25) is 0 Å². The highest BCUT2D eigenvalue weighted by Gasteiger charge is 2.15. The fraction of sp³-hybridized carbons (Fsp3) is 0.429. The van der Waals surface area contributed by atoms with Crippen LogP contribution in [0.15, 0.2) is 27.6 Å². The topological polar surface area (TPSA) is 85.1 Å². The molecule has 0 unspecified atom stereocenters. The van der Waals surface area contributed by atoms with Crippen LogP contribution in [0.1, 0.15) is 30.2 Å². The first-order valence-corrected chi connectivity index (χ1v) is 8.68. The minimum absolute atomic E-state index is 0.132. The van der Waals surface area contributed by atoms with E-state index in [1.54, 1.807) is 13.0 Å². The van der Waals surface area contributed by atoms with Gasteiger partial charge in [0.1, 0.15) is 10.7 Å². The summed E-state index contributed by atoms with van der Waals surface area (Å²) < 4.78 is 41.6. The van der Waals surface area contributed by atoms with Crippen molar-refractivity contribution in [2.24, 2.45) is 0 Å². The van der Waals surface area contributed by atoms with Crippen LogP contribution in [0, 0.1) is 12.7 Å². The average Bonchev–Trinajstić information content (AvgIpc) is 2.82. The van der Waals surface area contributed by atoms with Gasteiger partial charge in [-0.25, -0.2) is 12.8 Å². The molecule has 22 heavy (non-hydrogen) atoms. The first-order chi connectivity index (χ1) is 10.3. The minimum Gasteiger partial charge on any atom is -0.339 e. The molecule has 0 saturated carbocycles. The second-order valence-corrected chi connectivity index (χ2v) is 7.11. The van der Waals surface area contributed by atoms with Gasteiger partial charge in [-0.2, -0.15) is 4.98 Å². The molecule has 0 saturated heterocycles. The molecule has 0 radical (unpaired) electrons. The first kappa shape index (κ1) is 16.6. The van der Waals surface area contributed by atoms with E-state index in [0.717, 1.165) is 6.26 Å². The zero-order chi connectivity index (χ0) is 16.3. The molecule has 2 aromatic rings. The third kappa shape index (κ3) is 4.11. The van der Waals surface area contributed by atoms with Crippen molar-refractivity contribution in [1.29, 1.82) is 0 Å². The smallest absolute Gasteiger partial charge is 0.227 e. The number of hydrogen-bond acceptors (Lipinski definition) is 6. The number of sulfone groups is 1. The van der Waals surface area contributed by atoms with Crippen molar-refractivity contribution in [3.05, 3.63) is 41.3 Å². The van der Waals surface area contributed by atoms with Gasteiger partial charge in [0.05, 0.1) is 0 Å². The Labute approximate surface area is 128 Å². The van der Waals surface area contributed by atoms with Crippen molar-refractivity contribution in [3.8, 4) is 0 Å². The number of halogens is 1. The molecule has 1 heterocycles. The molecule has 1 N–H and O–H groups in total. The van der Waals surface area contributed by atoms with Crippen LogP contribution in [-0.2, 0) is 16.3 Å². The van der Waals surface area contributed by atoms with Crippen LogP contribution in [-0.4, -0.2) is 31.4 Å². The number of aryl methyl sites for hydroxylation is 1. The van der Waals surface area contributed by atoms with Crippen molar-refractivity contribution < 1.29 is 17.3 Å². The summed E-state index contributed by atoms with van der Waals surface area (Å²) >= 11 is 0. The highest BCUT2D eigenvalue weighted by atomic mass is 32.2. The van der Waals surface area contributed by atoms with E-state index in [9.17, 15) is 12.8 Å². The van der Waals surface area contributed by atoms with Gasteiger partial charge in [0.15, 0.2) is 15.7 Å². The van der Waals surface area contributed by atoms with Crippen LogP contribution in [0.4, 0.5) is 4.39 Å². The first-order valence-electron chi connectivity index (χ1n) is 6.79. The number of rotatable bonds is 6. The molecule has 120 valence electrons. The van der Waals surface area contributed by atoms with Gasteiger partial charge in [0, 0.05) is 25.3 Å². The van der Waals surface area contributed by atoms with Gasteiger partial charge in [0.2, 0.25) is 5.89 Å². The molecule has 2 rings (SSSR count). The van der Waals surface area contributed by atoms with Crippen molar-refractivity contribution in [1.82, 2.24) is 15.5 Å². The highest BCUT2D eigenvalue weighted by Crippen LogP contribution is 2.20. The second kappa shape index (κ2) is 6.53. The van der Waals surface area contributed by atoms with Gasteiger partial charge < -0.3 is 9.84 Å². The third-order valence-corrected chi connectivity index (χ3v) is 4.34. The fourth-order valence-corrected chi connectivity index (χ4v) is 2.77. The van der Waals surface area contributed by atoms with E-state index in [1.807, 2.05) is 6.92 Å². The molecule has 1 aromatic heterocycles. The normalized spacial score (nSPS) is 13.3. The highest BCUT2D eigenvalue weighted by molar-refractivity contribution is 7.90. The van der Waals surface area contributed by atoms with Gasteiger partial charge in [-0.05, 0) is 31.5 Å². The maximum absolute atomic E-state index is 13.9. The Morgan fingerprint density at radius 2 is 2.14 bits per heavy atom. The molecule has 0 aliphatic carbocycles. The lowest BCUT2D eigenvalue weighted by atomic mass is 10.1. The minimum atomic E-state index is -3.55. The average molecular weight is 327 g/mol. The number of nitrogens with zero attached hydrogens (tertiary/aromatic N) is 2. The number of aromatic nitrogens is 2. The Morgan fingerprint density at radius 3 is 2.68 bits per heavy atom. The molecule has 1 atom stereocenters. The maximum atomic E-state index is 13.9. The summed E-state index contributed by atoms with van der Waals surface area (Å²) in [6.07, 6.45) is 1.55. The Balaban J connectivity index is 1.98. The van der Waals surface area contributed by atoms with Crippen LogP contribution in [0.5, 0.6) is 0 Å². The van der Waals surface area contributed by atoms with Gasteiger partial charge in [0.25, 0.3) is 0 Å². The molecular weight excluding hydrogens is 309 g/mol. The number of benzene rings is 1. The number of hydrogen-bond donors (Lipinski definition) is 1. The molecule has 0 spiro atoms. The summed E-state index contributed by atoms with van der Waals surface area (Å²) in [5.41, 5.74) is 0.673. The Morgan fingerprint density at radius 1 is 1.41 bits per heavy atom. The zero-order valence-electron chi connectivity index (χ0n) is 12.6. The van der Waals surface area contributed by atoms with Crippen molar-refractivity contribution in [2.45, 2.75) is 31.2 Å². The summed E-state index contributed by atoms with van der Waals surface area (Å²) in [5.74, 6) is 0.387. The van der Waals surface area contributed by atoms with Crippen molar-refractivity contribution in [2.75, 3.05) is 12.8 Å². The van der Waals surface area contributed by atoms with Gasteiger partial charge in [-0.1, -0.05) is 11.2 Å². The summed E-state index contributed by atoms with van der Waals surface area (Å²) in [7, 11) is -3.55. The van der Waals surface area contributed by atoms with E-state index in [0.29, 0.717) is 30.2 Å². The molecule has 0 amide bonds. The summed E-state index contributed by atoms with van der Waals surface area (Å²) in [6, 6.07) is 4.01. The van der Waals surface area contributed by atoms with Crippen LogP contribution in [0.3, 0.4) is 0 Å². The van der Waals surface area contributed by atoms with Gasteiger partial charge in [-0.3, -0.25) is 0 Å². The van der Waals surface area contributed by atoms with Crippen molar-refractivity contribution >= 4 is 9.84 Å². The second-order valence-electron chi connectivity index (χ2n) is 5.12. The fourth-order valence-electron chi connectivity index (χ4n) is 2.04. The lowest BCUT2D eigenvalue weighted by molar-refractivity contribution is 0.370. The summed E-state index contributed by atoms with van der Waals surface area (Å²) in [6.45, 7) is 4.20. The summed E-state index contributed by atoms with van der Waals surface area (Å²) in [4.78, 5) is 3.80. The Kier molecular flexibility index (Phi) is 4.92. The molecular formula is C14H18FN3O3S. The molecule has 0 aliphatic rings. The van der Waals surface area contributed by atoms with Gasteiger partial charge >= 0.3 is 0 Å². The lowest BCUT2D eigenvalue weighted by Crippen LogP contribution is -2.21. The summed E-state index contributed by atoms with van der Waals surface area (Å²) in [5, 5.41) is 6.89. The van der Waals surface area contributed by atoms with Crippen LogP contribution >= 0.6 is 0 Å². The van der Waals surface area contributed by atoms with E-state index < -0.39 is 15.7 Å². The standard InChI is InChI=1S/C14H18FN3O3S/c1-9(16-7-6-14-17-10(2)18-21-14)11-4-5-13(12(15)8-11)22(3,19)20/h4-5,8-9,16H,6-7H2,1-3H3/t9-/m0/s1. The third-order valence-electron chi connectivity index (χ3n) is 3.21. The monoisotopic (exact) mass is 327 g/mol. The van der Waals surface area contributed by atoms with Crippen LogP contribution < -0.4 is 5.32 Å². The maximum Gasteiger partial charge on any atom is 0.227 e. The molecule has 6 nitrogen and oxygen atoms in total. The van der Waals surface area contributed by atoms with E-state index in [-0.39, 0.29) is 10.9 Å². The SMILES string of the molecule is Cc1noc(CCN[C@@H](C)c2ccc(S(C)(=O)=O)c(F)c2)n1. The van der Waals surface area contributed by atoms with Gasteiger partial charge in [-0.15, -0.1) is 0 Å². The molecule has 1 aromatic carbocycles. The number of nitrogens with one attached hydrogen (secondary N) is 1. The van der Waals surface area contributed by atoms with Crippen molar-refractivity contribution in [3.63, 3.8) is 0 Å². The Hall–Kier alpha value is -1.80. The van der Waals surface area contributed by atoms with E-state index in [4.69, 9.17) is 4.52 Å². The zero-order valence-corrected chi connectivity index (χ0v) is 13.4. The molecule has 0 aliphatic heterocycles. The molecule has 0 bridgehead atoms. The predicted molar refractivity (Wildman–Crippen MR) is 78.7 cm³/mol. The predicted octanol–water partition coefficient (Wildman–Crippen LogP) is 1.81. The Bertz CT molecular complexity index is 758. The molecule has 0 fully saturated rings. The van der Waals surface area contributed by atoms with Crippen LogP contribution in [0.25, 0.3) is 0 Å². The lowest BCUT2D eigenvalue weighted by Gasteiger charge is -2.14. The quantitative estimate of drug-likeness (QED) is 0.871. The van der Waals surface area contributed by atoms with E-state index in [1.165, 1.54) is 12.1 Å². The largest absolute Gasteiger partial charge is 0.339 e. The van der Waals surface area contributed by atoms with E-state index in [2.05, 4.69) is 15.5 Å².